The smallest absolute Gasteiger partial charge is 0.123 e. The van der Waals surface area contributed by atoms with Crippen LogP contribution in [0.3, 0.4) is 0 Å². The van der Waals surface area contributed by atoms with Gasteiger partial charge in [0, 0.05) is 9.84 Å². The van der Waals surface area contributed by atoms with E-state index in [1.165, 1.54) is 12.1 Å². The SMILES string of the molecule is CC1=Cc2c(cnn2-c2ccc(F)cc2)C[C@]1(C)[C@@](O)(CI)c1ccccc1. The Morgan fingerprint density at radius 2 is 1.86 bits per heavy atom. The molecule has 1 N–H and O–H groups in total. The van der Waals surface area contributed by atoms with Crippen LogP contribution in [-0.4, -0.2) is 19.3 Å². The third kappa shape index (κ3) is 2.92. The third-order valence-electron chi connectivity index (χ3n) is 6.08. The average Bonchev–Trinajstić information content (AvgIpc) is 3.11. The van der Waals surface area contributed by atoms with Crippen molar-refractivity contribution < 1.29 is 9.50 Å². The van der Waals surface area contributed by atoms with E-state index in [4.69, 9.17) is 0 Å². The molecule has 0 unspecified atom stereocenters. The van der Waals surface area contributed by atoms with E-state index in [2.05, 4.69) is 47.6 Å². The number of benzene rings is 2. The molecule has 0 bridgehead atoms. The molecule has 1 aliphatic carbocycles. The summed E-state index contributed by atoms with van der Waals surface area (Å²) >= 11 is 2.28. The van der Waals surface area contributed by atoms with Crippen LogP contribution in [-0.2, 0) is 12.0 Å². The van der Waals surface area contributed by atoms with E-state index < -0.39 is 11.0 Å². The van der Waals surface area contributed by atoms with Gasteiger partial charge in [0.15, 0.2) is 0 Å². The van der Waals surface area contributed by atoms with Gasteiger partial charge in [-0.25, -0.2) is 9.07 Å². The van der Waals surface area contributed by atoms with Crippen LogP contribution < -0.4 is 0 Å². The minimum absolute atomic E-state index is 0.265. The molecular weight excluding hydrogens is 466 g/mol. The maximum Gasteiger partial charge on any atom is 0.123 e. The van der Waals surface area contributed by atoms with Crippen LogP contribution in [0, 0.1) is 11.2 Å². The number of hydrogen-bond donors (Lipinski definition) is 1. The molecule has 2 aromatic carbocycles. The van der Waals surface area contributed by atoms with Crippen LogP contribution >= 0.6 is 22.6 Å². The zero-order chi connectivity index (χ0) is 19.9. The fraction of sp³-hybridized carbons (Fsp3) is 0.261. The molecule has 1 aromatic heterocycles. The van der Waals surface area contributed by atoms with Crippen molar-refractivity contribution in [2.75, 3.05) is 4.43 Å². The van der Waals surface area contributed by atoms with Gasteiger partial charge in [-0.15, -0.1) is 0 Å². The molecule has 0 radical (unpaired) electrons. The largest absolute Gasteiger partial charge is 0.383 e. The topological polar surface area (TPSA) is 38.0 Å². The number of hydrogen-bond acceptors (Lipinski definition) is 2. The molecule has 3 aromatic rings. The van der Waals surface area contributed by atoms with E-state index in [1.54, 1.807) is 12.1 Å². The second kappa shape index (κ2) is 7.12. The van der Waals surface area contributed by atoms with Crippen molar-refractivity contribution in [1.82, 2.24) is 9.78 Å². The van der Waals surface area contributed by atoms with Crippen molar-refractivity contribution in [3.05, 3.63) is 89.0 Å². The van der Waals surface area contributed by atoms with Crippen LogP contribution in [0.5, 0.6) is 0 Å². The predicted octanol–water partition coefficient (Wildman–Crippen LogP) is 5.30. The summed E-state index contributed by atoms with van der Waals surface area (Å²) in [5, 5.41) is 16.4. The van der Waals surface area contributed by atoms with Crippen molar-refractivity contribution in [2.45, 2.75) is 25.9 Å². The summed E-state index contributed by atoms with van der Waals surface area (Å²) in [6.45, 7) is 4.20. The van der Waals surface area contributed by atoms with Gasteiger partial charge < -0.3 is 5.11 Å². The Bertz CT molecular complexity index is 1030. The zero-order valence-corrected chi connectivity index (χ0v) is 18.0. The molecule has 144 valence electrons. The Morgan fingerprint density at radius 1 is 1.18 bits per heavy atom. The van der Waals surface area contributed by atoms with Gasteiger partial charge in [0.1, 0.15) is 11.4 Å². The molecule has 0 fully saturated rings. The minimum Gasteiger partial charge on any atom is -0.383 e. The monoisotopic (exact) mass is 488 g/mol. The van der Waals surface area contributed by atoms with Gasteiger partial charge in [0.2, 0.25) is 0 Å². The van der Waals surface area contributed by atoms with Crippen molar-refractivity contribution in [1.29, 1.82) is 0 Å². The molecule has 3 nitrogen and oxygen atoms in total. The summed E-state index contributed by atoms with van der Waals surface area (Å²) in [5.74, 6) is -0.265. The summed E-state index contributed by atoms with van der Waals surface area (Å²) in [6.07, 6.45) is 4.65. The van der Waals surface area contributed by atoms with Crippen LogP contribution in [0.2, 0.25) is 0 Å². The molecule has 5 heteroatoms. The number of fused-ring (bicyclic) bond motifs is 1. The van der Waals surface area contributed by atoms with E-state index in [0.717, 1.165) is 28.1 Å². The van der Waals surface area contributed by atoms with E-state index >= 15 is 0 Å². The minimum atomic E-state index is -0.995. The first-order chi connectivity index (χ1) is 13.4. The molecule has 0 saturated heterocycles. The first-order valence-corrected chi connectivity index (χ1v) is 10.8. The molecule has 28 heavy (non-hydrogen) atoms. The van der Waals surface area contributed by atoms with Gasteiger partial charge >= 0.3 is 0 Å². The number of nitrogens with zero attached hydrogens (tertiary/aromatic N) is 2. The summed E-state index contributed by atoms with van der Waals surface area (Å²) < 4.78 is 15.7. The van der Waals surface area contributed by atoms with Crippen LogP contribution in [0.15, 0.2) is 66.4 Å². The Hall–Kier alpha value is -1.99. The number of rotatable bonds is 4. The van der Waals surface area contributed by atoms with Crippen LogP contribution in [0.4, 0.5) is 4.39 Å². The van der Waals surface area contributed by atoms with Gasteiger partial charge in [0.05, 0.1) is 17.6 Å². The highest BCUT2D eigenvalue weighted by Gasteiger charge is 2.50. The van der Waals surface area contributed by atoms with Crippen molar-refractivity contribution in [3.63, 3.8) is 0 Å². The predicted molar refractivity (Wildman–Crippen MR) is 118 cm³/mol. The molecule has 4 rings (SSSR count). The van der Waals surface area contributed by atoms with Gasteiger partial charge in [-0.2, -0.15) is 5.10 Å². The second-order valence-electron chi connectivity index (χ2n) is 7.64. The number of aromatic nitrogens is 2. The van der Waals surface area contributed by atoms with Gasteiger partial charge in [0.25, 0.3) is 0 Å². The van der Waals surface area contributed by atoms with Crippen molar-refractivity contribution in [2.24, 2.45) is 5.41 Å². The second-order valence-corrected chi connectivity index (χ2v) is 8.40. The molecule has 1 aliphatic rings. The first kappa shape index (κ1) is 19.3. The van der Waals surface area contributed by atoms with Crippen LogP contribution in [0.25, 0.3) is 11.8 Å². The third-order valence-corrected chi connectivity index (χ3v) is 7.19. The fourth-order valence-corrected chi connectivity index (χ4v) is 5.37. The number of alkyl halides is 1. The molecule has 0 saturated carbocycles. The highest BCUT2D eigenvalue weighted by atomic mass is 127. The fourth-order valence-electron chi connectivity index (χ4n) is 4.08. The van der Waals surface area contributed by atoms with Crippen molar-refractivity contribution >= 4 is 28.7 Å². The lowest BCUT2D eigenvalue weighted by atomic mass is 9.61. The maximum atomic E-state index is 13.3. The first-order valence-electron chi connectivity index (χ1n) is 9.24. The molecule has 2 atom stereocenters. The van der Waals surface area contributed by atoms with Gasteiger partial charge in [-0.1, -0.05) is 65.4 Å². The van der Waals surface area contributed by atoms with E-state index in [9.17, 15) is 9.50 Å². The quantitative estimate of drug-likeness (QED) is 0.400. The summed E-state index contributed by atoms with van der Waals surface area (Å²) in [4.78, 5) is 0. The molecule has 0 aliphatic heterocycles. The maximum absolute atomic E-state index is 13.3. The van der Waals surface area contributed by atoms with Crippen LogP contribution in [0.1, 0.15) is 30.7 Å². The highest BCUT2D eigenvalue weighted by Crippen LogP contribution is 2.51. The van der Waals surface area contributed by atoms with E-state index in [0.29, 0.717) is 10.8 Å². The Balaban J connectivity index is 1.80. The highest BCUT2D eigenvalue weighted by molar-refractivity contribution is 14.1. The zero-order valence-electron chi connectivity index (χ0n) is 15.9. The van der Waals surface area contributed by atoms with E-state index in [-0.39, 0.29) is 5.82 Å². The lowest BCUT2D eigenvalue weighted by Gasteiger charge is -2.47. The lowest BCUT2D eigenvalue weighted by molar-refractivity contribution is -0.0394. The number of aliphatic hydroxyl groups is 1. The molecular formula is C23H22FIN2O. The van der Waals surface area contributed by atoms with Crippen molar-refractivity contribution in [3.8, 4) is 5.69 Å². The summed E-state index contributed by atoms with van der Waals surface area (Å²) in [5.41, 5.74) is 3.47. The van der Waals surface area contributed by atoms with E-state index in [1.807, 2.05) is 41.2 Å². The molecule has 0 spiro atoms. The Morgan fingerprint density at radius 3 is 2.50 bits per heavy atom. The van der Waals surface area contributed by atoms with Gasteiger partial charge in [-0.3, -0.25) is 0 Å². The summed E-state index contributed by atoms with van der Waals surface area (Å²) in [7, 11) is 0. The standard InChI is InChI=1S/C23H22FIN2O/c1-16-12-21-17(14-26-27(21)20-10-8-19(24)9-11-20)13-22(16,2)23(28,15-25)18-6-4-3-5-7-18/h3-12,14,28H,13,15H2,1-2H3/t22-,23+/m0/s1. The Kier molecular flexibility index (Phi) is 4.91. The molecule has 0 amide bonds. The normalized spacial score (nSPS) is 21.0. The summed E-state index contributed by atoms with van der Waals surface area (Å²) in [6, 6.07) is 16.2. The Labute approximate surface area is 178 Å². The average molecular weight is 488 g/mol. The lowest BCUT2D eigenvalue weighted by Crippen LogP contribution is -2.48. The van der Waals surface area contributed by atoms with Gasteiger partial charge in [-0.05, 0) is 54.8 Å². The molecule has 1 heterocycles. The number of halogens is 2.